The first kappa shape index (κ1) is 20.1. The lowest BCUT2D eigenvalue weighted by Crippen LogP contribution is -2.23. The van der Waals surface area contributed by atoms with Crippen molar-refractivity contribution >= 4 is 28.5 Å². The van der Waals surface area contributed by atoms with E-state index in [2.05, 4.69) is 15.3 Å². The van der Waals surface area contributed by atoms with Gasteiger partial charge in [0.25, 0.3) is 0 Å². The van der Waals surface area contributed by atoms with Crippen molar-refractivity contribution < 1.29 is 14.7 Å². The number of carbonyl (C=O) groups excluding carboxylic acids is 2. The fraction of sp³-hybridized carbons (Fsp3) is 0.304. The van der Waals surface area contributed by atoms with Crippen LogP contribution in [-0.4, -0.2) is 61.5 Å². The molecule has 0 aromatic heterocycles. The van der Waals surface area contributed by atoms with Crippen molar-refractivity contribution in [3.63, 3.8) is 0 Å². The van der Waals surface area contributed by atoms with Crippen LogP contribution in [0.15, 0.2) is 51.6 Å². The molecule has 3 aliphatic rings. The van der Waals surface area contributed by atoms with Gasteiger partial charge in [-0.05, 0) is 76.0 Å². The number of hydrogen-bond donors (Lipinski definition) is 2. The zero-order valence-corrected chi connectivity index (χ0v) is 17.3. The van der Waals surface area contributed by atoms with Crippen LogP contribution in [-0.2, 0) is 9.59 Å². The second-order valence-electron chi connectivity index (χ2n) is 7.77. The highest BCUT2D eigenvalue weighted by Crippen LogP contribution is 2.33. The molecule has 0 spiro atoms. The van der Waals surface area contributed by atoms with Gasteiger partial charge in [0.1, 0.15) is 11.5 Å². The van der Waals surface area contributed by atoms with Crippen molar-refractivity contribution in [1.29, 1.82) is 0 Å². The largest absolute Gasteiger partial charge is 0.507 e. The number of phenols is 1. The molecular formula is C23H24N4O3. The Morgan fingerprint density at radius 2 is 1.87 bits per heavy atom. The second kappa shape index (κ2) is 7.93. The van der Waals surface area contributed by atoms with E-state index in [1.165, 1.54) is 12.2 Å². The molecule has 1 aromatic carbocycles. The van der Waals surface area contributed by atoms with E-state index in [1.807, 2.05) is 32.1 Å². The highest BCUT2D eigenvalue weighted by Gasteiger charge is 2.34. The van der Waals surface area contributed by atoms with Crippen molar-refractivity contribution in [2.75, 3.05) is 34.2 Å². The summed E-state index contributed by atoms with van der Waals surface area (Å²) >= 11 is 0. The Bertz CT molecular complexity index is 1200. The van der Waals surface area contributed by atoms with Crippen molar-refractivity contribution in [2.24, 2.45) is 9.98 Å². The minimum atomic E-state index is -0.285. The fourth-order valence-electron chi connectivity index (χ4n) is 3.91. The predicted octanol–water partition coefficient (Wildman–Crippen LogP) is 0.495. The number of ketones is 2. The van der Waals surface area contributed by atoms with Gasteiger partial charge in [0.2, 0.25) is 5.78 Å². The molecule has 0 unspecified atom stereocenters. The molecule has 1 aromatic rings. The number of carbonyl (C=O) groups is 2. The van der Waals surface area contributed by atoms with Gasteiger partial charge in [-0.15, -0.1) is 0 Å². The van der Waals surface area contributed by atoms with Gasteiger partial charge < -0.3 is 15.3 Å². The Hall–Kier alpha value is -3.16. The predicted molar refractivity (Wildman–Crippen MR) is 116 cm³/mol. The highest BCUT2D eigenvalue weighted by molar-refractivity contribution is 6.60. The van der Waals surface area contributed by atoms with Crippen LogP contribution in [0.3, 0.4) is 0 Å². The van der Waals surface area contributed by atoms with E-state index in [0.717, 1.165) is 18.5 Å². The average molecular weight is 404 g/mol. The van der Waals surface area contributed by atoms with E-state index in [9.17, 15) is 14.7 Å². The highest BCUT2D eigenvalue weighted by atomic mass is 16.3. The lowest BCUT2D eigenvalue weighted by Gasteiger charge is -2.13. The topological polar surface area (TPSA) is 94.4 Å². The van der Waals surface area contributed by atoms with Gasteiger partial charge in [-0.3, -0.25) is 14.6 Å². The van der Waals surface area contributed by atoms with E-state index < -0.39 is 0 Å². The Morgan fingerprint density at radius 1 is 1.10 bits per heavy atom. The number of phenolic OH excluding ortho intramolecular Hbond substituents is 1. The maximum absolute atomic E-state index is 12.6. The lowest BCUT2D eigenvalue weighted by atomic mass is 9.91. The van der Waals surface area contributed by atoms with Crippen LogP contribution in [0.25, 0.3) is 11.3 Å². The maximum Gasteiger partial charge on any atom is 0.205 e. The summed E-state index contributed by atoms with van der Waals surface area (Å²) in [5.41, 5.74) is 3.35. The second-order valence-corrected chi connectivity index (χ2v) is 7.77. The van der Waals surface area contributed by atoms with Gasteiger partial charge in [0, 0.05) is 23.5 Å². The smallest absolute Gasteiger partial charge is 0.205 e. The Kier molecular flexibility index (Phi) is 5.32. The van der Waals surface area contributed by atoms with Crippen molar-refractivity contribution in [3.05, 3.63) is 57.8 Å². The van der Waals surface area contributed by atoms with Gasteiger partial charge >= 0.3 is 0 Å². The third kappa shape index (κ3) is 3.36. The molecule has 7 heteroatoms. The Morgan fingerprint density at radius 3 is 2.60 bits per heavy atom. The van der Waals surface area contributed by atoms with Gasteiger partial charge in [-0.25, -0.2) is 4.99 Å². The van der Waals surface area contributed by atoms with Crippen LogP contribution >= 0.6 is 0 Å². The van der Waals surface area contributed by atoms with Crippen LogP contribution in [0.1, 0.15) is 18.4 Å². The summed E-state index contributed by atoms with van der Waals surface area (Å²) < 4.78 is 0. The quantitative estimate of drug-likeness (QED) is 0.720. The zero-order chi connectivity index (χ0) is 21.4. The molecule has 0 radical (unpaired) electrons. The number of aromatic hydroxyl groups is 1. The molecule has 4 rings (SSSR count). The number of hydrogen-bond acceptors (Lipinski definition) is 7. The molecule has 0 amide bonds. The number of aliphatic imine (C=N–C) groups is 1. The molecule has 0 saturated heterocycles. The maximum atomic E-state index is 12.6. The molecule has 0 atom stereocenters. The van der Waals surface area contributed by atoms with E-state index in [4.69, 9.17) is 0 Å². The van der Waals surface area contributed by atoms with Crippen LogP contribution < -0.4 is 15.9 Å². The standard InChI is InChI=1S/C23H24N4O3/c1-24-10-8-13-12-25-16-5-4-15(23(30)19(13)16)21-14(9-11-27(2)3)20-17(28)6-7-18(29)22(20)26-21/h4-7,12,24,30H,8-11H2,1-3H3. The molecule has 2 heterocycles. The first-order valence-corrected chi connectivity index (χ1v) is 9.94. The summed E-state index contributed by atoms with van der Waals surface area (Å²) in [5.74, 6) is -0.417. The molecule has 7 nitrogen and oxygen atoms in total. The normalized spacial score (nSPS) is 19.2. The third-order valence-electron chi connectivity index (χ3n) is 5.46. The first-order valence-electron chi connectivity index (χ1n) is 9.94. The summed E-state index contributed by atoms with van der Waals surface area (Å²) in [5, 5.41) is 15.5. The van der Waals surface area contributed by atoms with E-state index >= 15 is 0 Å². The monoisotopic (exact) mass is 404 g/mol. The summed E-state index contributed by atoms with van der Waals surface area (Å²) in [6.45, 7) is 1.45. The zero-order valence-electron chi connectivity index (χ0n) is 17.3. The van der Waals surface area contributed by atoms with Gasteiger partial charge in [-0.2, -0.15) is 0 Å². The van der Waals surface area contributed by atoms with E-state index in [-0.39, 0.29) is 23.0 Å². The fourth-order valence-corrected chi connectivity index (χ4v) is 3.91. The molecule has 30 heavy (non-hydrogen) atoms. The Labute approximate surface area is 174 Å². The minimum Gasteiger partial charge on any atom is -0.507 e. The number of allylic oxidation sites excluding steroid dienone is 3. The van der Waals surface area contributed by atoms with Crippen molar-refractivity contribution in [2.45, 2.75) is 12.8 Å². The number of nitrogens with one attached hydrogen (secondary N) is 1. The summed E-state index contributed by atoms with van der Waals surface area (Å²) in [4.78, 5) is 36.0. The molecule has 1 aliphatic carbocycles. The summed E-state index contributed by atoms with van der Waals surface area (Å²) in [7, 11) is 5.77. The third-order valence-corrected chi connectivity index (χ3v) is 5.46. The van der Waals surface area contributed by atoms with Gasteiger partial charge in [0.05, 0.1) is 16.6 Å². The van der Waals surface area contributed by atoms with Gasteiger partial charge in [-0.1, -0.05) is 0 Å². The SMILES string of the molecule is CNCCC1=CN=c2ccc(=C3N=C4C(=O)C=CC(=O)C4=C3CCN(C)C)c(O)c21. The van der Waals surface area contributed by atoms with Crippen LogP contribution in [0.4, 0.5) is 0 Å². The number of fused-ring (bicyclic) bond motifs is 2. The summed E-state index contributed by atoms with van der Waals surface area (Å²) in [6, 6.07) is 3.61. The molecule has 2 N–H and O–H groups in total. The van der Waals surface area contributed by atoms with Crippen LogP contribution in [0.5, 0.6) is 5.75 Å². The number of benzene rings is 1. The van der Waals surface area contributed by atoms with Crippen LogP contribution in [0.2, 0.25) is 0 Å². The van der Waals surface area contributed by atoms with Crippen LogP contribution in [0, 0.1) is 0 Å². The minimum absolute atomic E-state index is 0.0879. The molecule has 154 valence electrons. The number of rotatable bonds is 6. The van der Waals surface area contributed by atoms with Crippen molar-refractivity contribution in [3.8, 4) is 5.75 Å². The molecule has 0 saturated carbocycles. The molecular weight excluding hydrogens is 380 g/mol. The molecule has 0 fully saturated rings. The van der Waals surface area contributed by atoms with Crippen molar-refractivity contribution in [1.82, 2.24) is 10.2 Å². The molecule has 0 bridgehead atoms. The first-order chi connectivity index (χ1) is 14.4. The van der Waals surface area contributed by atoms with Gasteiger partial charge in [0.15, 0.2) is 5.78 Å². The summed E-state index contributed by atoms with van der Waals surface area (Å²) in [6.07, 6.45) is 5.61. The van der Waals surface area contributed by atoms with E-state index in [1.54, 1.807) is 12.3 Å². The lowest BCUT2D eigenvalue weighted by molar-refractivity contribution is -0.113. The number of nitrogens with zero attached hydrogens (tertiary/aromatic N) is 3. The average Bonchev–Trinajstić information content (AvgIpc) is 3.30. The van der Waals surface area contributed by atoms with E-state index in [0.29, 0.717) is 45.9 Å². The Balaban J connectivity index is 1.93. The molecule has 2 aliphatic heterocycles.